The SMILES string of the molecule is CCN(CC)C(=O)c1cccc(NC(=O)CSc2nnc(-c3ccc(Cl)cc3)n2C)c1. The Morgan fingerprint density at radius 1 is 1.10 bits per heavy atom. The van der Waals surface area contributed by atoms with Crippen LogP contribution in [0.1, 0.15) is 24.2 Å². The fraction of sp³-hybridized carbons (Fsp3) is 0.273. The van der Waals surface area contributed by atoms with E-state index in [0.29, 0.717) is 40.3 Å². The molecule has 2 amide bonds. The molecule has 31 heavy (non-hydrogen) atoms. The Bertz CT molecular complexity index is 1060. The van der Waals surface area contributed by atoms with Crippen LogP contribution in [0.5, 0.6) is 0 Å². The molecular formula is C22H24ClN5O2S. The van der Waals surface area contributed by atoms with Gasteiger partial charge in [-0.15, -0.1) is 10.2 Å². The average Bonchev–Trinajstić information content (AvgIpc) is 3.14. The number of amides is 2. The van der Waals surface area contributed by atoms with Crippen LogP contribution in [-0.2, 0) is 11.8 Å². The Kier molecular flexibility index (Phi) is 7.70. The predicted molar refractivity (Wildman–Crippen MR) is 124 cm³/mol. The van der Waals surface area contributed by atoms with E-state index in [-0.39, 0.29) is 17.6 Å². The van der Waals surface area contributed by atoms with Crippen molar-refractivity contribution in [1.29, 1.82) is 0 Å². The molecule has 0 saturated carbocycles. The summed E-state index contributed by atoms with van der Waals surface area (Å²) in [4.78, 5) is 26.7. The first-order valence-electron chi connectivity index (χ1n) is 9.90. The maximum Gasteiger partial charge on any atom is 0.253 e. The van der Waals surface area contributed by atoms with Crippen molar-refractivity contribution in [2.75, 3.05) is 24.2 Å². The van der Waals surface area contributed by atoms with Gasteiger partial charge in [0.1, 0.15) is 0 Å². The Morgan fingerprint density at radius 2 is 1.81 bits per heavy atom. The Labute approximate surface area is 190 Å². The highest BCUT2D eigenvalue weighted by molar-refractivity contribution is 7.99. The number of rotatable bonds is 8. The van der Waals surface area contributed by atoms with Crippen LogP contribution in [-0.4, -0.2) is 50.3 Å². The van der Waals surface area contributed by atoms with Gasteiger partial charge in [0.2, 0.25) is 5.91 Å². The lowest BCUT2D eigenvalue weighted by Crippen LogP contribution is -2.30. The number of benzene rings is 2. The molecule has 2 aromatic carbocycles. The first kappa shape index (κ1) is 22.8. The maximum atomic E-state index is 12.5. The minimum absolute atomic E-state index is 0.0516. The Hall–Kier alpha value is -2.84. The van der Waals surface area contributed by atoms with E-state index in [2.05, 4.69) is 15.5 Å². The minimum Gasteiger partial charge on any atom is -0.339 e. The zero-order chi connectivity index (χ0) is 22.4. The van der Waals surface area contributed by atoms with Crippen LogP contribution in [0.2, 0.25) is 5.02 Å². The molecule has 3 aromatic rings. The quantitative estimate of drug-likeness (QED) is 0.509. The second-order valence-corrected chi connectivity index (χ2v) is 8.15. The van der Waals surface area contributed by atoms with Gasteiger partial charge in [-0.05, 0) is 56.3 Å². The van der Waals surface area contributed by atoms with E-state index in [1.807, 2.05) is 37.6 Å². The fourth-order valence-corrected chi connectivity index (χ4v) is 3.88. The minimum atomic E-state index is -0.187. The first-order chi connectivity index (χ1) is 14.9. The lowest BCUT2D eigenvalue weighted by atomic mass is 10.1. The summed E-state index contributed by atoms with van der Waals surface area (Å²) < 4.78 is 1.84. The molecule has 0 bridgehead atoms. The van der Waals surface area contributed by atoms with Gasteiger partial charge in [-0.1, -0.05) is 29.4 Å². The molecule has 1 heterocycles. The summed E-state index contributed by atoms with van der Waals surface area (Å²) in [7, 11) is 1.85. The van der Waals surface area contributed by atoms with Crippen molar-refractivity contribution in [3.05, 3.63) is 59.1 Å². The van der Waals surface area contributed by atoms with Crippen molar-refractivity contribution >= 4 is 40.9 Å². The predicted octanol–water partition coefficient (Wildman–Crippen LogP) is 4.35. The number of carbonyl (C=O) groups excluding carboxylic acids is 2. The molecule has 0 atom stereocenters. The van der Waals surface area contributed by atoms with Gasteiger partial charge in [-0.25, -0.2) is 0 Å². The molecule has 1 aromatic heterocycles. The molecule has 9 heteroatoms. The lowest BCUT2D eigenvalue weighted by Gasteiger charge is -2.19. The van der Waals surface area contributed by atoms with E-state index < -0.39 is 0 Å². The second kappa shape index (κ2) is 10.5. The van der Waals surface area contributed by atoms with Gasteiger partial charge in [-0.3, -0.25) is 9.59 Å². The van der Waals surface area contributed by atoms with Gasteiger partial charge in [0.05, 0.1) is 5.75 Å². The van der Waals surface area contributed by atoms with E-state index in [4.69, 9.17) is 11.6 Å². The Morgan fingerprint density at radius 3 is 2.48 bits per heavy atom. The van der Waals surface area contributed by atoms with E-state index in [9.17, 15) is 9.59 Å². The highest BCUT2D eigenvalue weighted by atomic mass is 35.5. The second-order valence-electron chi connectivity index (χ2n) is 6.77. The van der Waals surface area contributed by atoms with Crippen LogP contribution in [0.4, 0.5) is 5.69 Å². The van der Waals surface area contributed by atoms with Gasteiger partial charge in [0.25, 0.3) is 5.91 Å². The standard InChI is InChI=1S/C22H24ClN5O2S/c1-4-28(5-2)21(30)16-7-6-8-18(13-16)24-19(29)14-31-22-26-25-20(27(22)3)15-9-11-17(23)12-10-15/h6-13H,4-5,14H2,1-3H3,(H,24,29). The van der Waals surface area contributed by atoms with Gasteiger partial charge in [0, 0.05) is 42.0 Å². The van der Waals surface area contributed by atoms with Crippen molar-refractivity contribution < 1.29 is 9.59 Å². The van der Waals surface area contributed by atoms with E-state index in [1.54, 1.807) is 41.3 Å². The Balaban J connectivity index is 1.62. The number of anilines is 1. The number of halogens is 1. The number of nitrogens with one attached hydrogen (secondary N) is 1. The molecule has 0 aliphatic carbocycles. The number of hydrogen-bond acceptors (Lipinski definition) is 5. The van der Waals surface area contributed by atoms with Gasteiger partial charge >= 0.3 is 0 Å². The van der Waals surface area contributed by atoms with Crippen LogP contribution in [0, 0.1) is 0 Å². The molecule has 1 N–H and O–H groups in total. The summed E-state index contributed by atoms with van der Waals surface area (Å²) in [6.45, 7) is 5.15. The first-order valence-corrected chi connectivity index (χ1v) is 11.3. The number of nitrogens with zero attached hydrogens (tertiary/aromatic N) is 4. The third-order valence-corrected chi connectivity index (χ3v) is 5.99. The average molecular weight is 458 g/mol. The van der Waals surface area contributed by atoms with Crippen molar-refractivity contribution in [3.8, 4) is 11.4 Å². The van der Waals surface area contributed by atoms with E-state index in [1.165, 1.54) is 11.8 Å². The largest absolute Gasteiger partial charge is 0.339 e. The molecule has 162 valence electrons. The van der Waals surface area contributed by atoms with Crippen LogP contribution in [0.15, 0.2) is 53.7 Å². The zero-order valence-electron chi connectivity index (χ0n) is 17.6. The lowest BCUT2D eigenvalue weighted by molar-refractivity contribution is -0.113. The van der Waals surface area contributed by atoms with E-state index in [0.717, 1.165) is 5.56 Å². The van der Waals surface area contributed by atoms with E-state index >= 15 is 0 Å². The normalized spacial score (nSPS) is 10.7. The van der Waals surface area contributed by atoms with Gasteiger partial charge in [-0.2, -0.15) is 0 Å². The van der Waals surface area contributed by atoms with Gasteiger partial charge < -0.3 is 14.8 Å². The molecule has 0 radical (unpaired) electrons. The summed E-state index contributed by atoms with van der Waals surface area (Å²) in [5, 5.41) is 12.5. The summed E-state index contributed by atoms with van der Waals surface area (Å²) in [5.74, 6) is 0.626. The molecule has 0 saturated heterocycles. The smallest absolute Gasteiger partial charge is 0.253 e. The van der Waals surface area contributed by atoms with Crippen LogP contribution in [0.3, 0.4) is 0 Å². The highest BCUT2D eigenvalue weighted by Crippen LogP contribution is 2.24. The third-order valence-electron chi connectivity index (χ3n) is 4.71. The molecule has 0 unspecified atom stereocenters. The van der Waals surface area contributed by atoms with Gasteiger partial charge in [0.15, 0.2) is 11.0 Å². The summed E-state index contributed by atoms with van der Waals surface area (Å²) >= 11 is 7.23. The number of aromatic nitrogens is 3. The molecular weight excluding hydrogens is 434 g/mol. The molecule has 7 nitrogen and oxygen atoms in total. The fourth-order valence-electron chi connectivity index (χ4n) is 3.04. The number of carbonyl (C=O) groups is 2. The molecule has 0 spiro atoms. The topological polar surface area (TPSA) is 80.1 Å². The van der Waals surface area contributed by atoms with Crippen LogP contribution < -0.4 is 5.32 Å². The van der Waals surface area contributed by atoms with Crippen molar-refractivity contribution in [1.82, 2.24) is 19.7 Å². The molecule has 0 fully saturated rings. The summed E-state index contributed by atoms with van der Waals surface area (Å²) in [6, 6.07) is 14.3. The van der Waals surface area contributed by atoms with Crippen LogP contribution >= 0.6 is 23.4 Å². The van der Waals surface area contributed by atoms with Crippen molar-refractivity contribution in [3.63, 3.8) is 0 Å². The summed E-state index contributed by atoms with van der Waals surface area (Å²) in [5.41, 5.74) is 2.03. The number of hydrogen-bond donors (Lipinski definition) is 1. The number of thioether (sulfide) groups is 1. The molecule has 0 aliphatic rings. The highest BCUT2D eigenvalue weighted by Gasteiger charge is 2.15. The summed E-state index contributed by atoms with van der Waals surface area (Å²) in [6.07, 6.45) is 0. The monoisotopic (exact) mass is 457 g/mol. The molecule has 3 rings (SSSR count). The van der Waals surface area contributed by atoms with Crippen molar-refractivity contribution in [2.24, 2.45) is 7.05 Å². The molecule has 0 aliphatic heterocycles. The van der Waals surface area contributed by atoms with Crippen LogP contribution in [0.25, 0.3) is 11.4 Å². The maximum absolute atomic E-state index is 12.5. The zero-order valence-corrected chi connectivity index (χ0v) is 19.2. The third kappa shape index (κ3) is 5.65. The van der Waals surface area contributed by atoms with Crippen molar-refractivity contribution in [2.45, 2.75) is 19.0 Å².